The van der Waals surface area contributed by atoms with Gasteiger partial charge in [0.25, 0.3) is 0 Å². The lowest BCUT2D eigenvalue weighted by atomic mass is 10.1. The van der Waals surface area contributed by atoms with E-state index in [1.54, 1.807) is 19.2 Å². The number of aliphatic hydroxyl groups excluding tert-OH is 1. The smallest absolute Gasteiger partial charge is 0.213 e. The Morgan fingerprint density at radius 1 is 1.44 bits per heavy atom. The quantitative estimate of drug-likeness (QED) is 0.947. The maximum absolute atomic E-state index is 10.1. The molecule has 1 N–H and O–H groups in total. The van der Waals surface area contributed by atoms with Crippen molar-refractivity contribution in [1.82, 2.24) is 4.98 Å². The van der Waals surface area contributed by atoms with Crippen molar-refractivity contribution in [3.05, 3.63) is 44.7 Å². The van der Waals surface area contributed by atoms with E-state index in [0.717, 1.165) is 10.0 Å². The van der Waals surface area contributed by atoms with Crippen LogP contribution in [0.4, 0.5) is 0 Å². The molecule has 0 aliphatic carbocycles. The lowest BCUT2D eigenvalue weighted by Gasteiger charge is -2.10. The first-order valence-corrected chi connectivity index (χ1v) is 6.36. The molecule has 0 bridgehead atoms. The second-order valence-corrected chi connectivity index (χ2v) is 4.78. The predicted octanol–water partition coefficient (Wildman–Crippen LogP) is 3.00. The number of hydrogen-bond acceptors (Lipinski definition) is 4. The SMILES string of the molecule is COc1cccc(C(O)c2cscc2Br)n1. The molecular formula is C11H10BrNO2S. The van der Waals surface area contributed by atoms with Crippen LogP contribution in [0.25, 0.3) is 0 Å². The highest BCUT2D eigenvalue weighted by Crippen LogP contribution is 2.31. The van der Waals surface area contributed by atoms with E-state index in [0.29, 0.717) is 11.6 Å². The summed E-state index contributed by atoms with van der Waals surface area (Å²) in [4.78, 5) is 4.20. The van der Waals surface area contributed by atoms with Crippen LogP contribution < -0.4 is 4.74 Å². The first kappa shape index (κ1) is 11.6. The van der Waals surface area contributed by atoms with Gasteiger partial charge in [0.05, 0.1) is 12.8 Å². The molecule has 5 heteroatoms. The summed E-state index contributed by atoms with van der Waals surface area (Å²) in [6.07, 6.45) is -0.726. The van der Waals surface area contributed by atoms with E-state index >= 15 is 0 Å². The Balaban J connectivity index is 2.33. The van der Waals surface area contributed by atoms with Gasteiger partial charge in [-0.1, -0.05) is 6.07 Å². The van der Waals surface area contributed by atoms with E-state index in [1.165, 1.54) is 11.3 Å². The lowest BCUT2D eigenvalue weighted by molar-refractivity contribution is 0.213. The molecule has 0 spiro atoms. The monoisotopic (exact) mass is 299 g/mol. The zero-order valence-corrected chi connectivity index (χ0v) is 11.0. The molecule has 0 saturated heterocycles. The van der Waals surface area contributed by atoms with Crippen molar-refractivity contribution < 1.29 is 9.84 Å². The van der Waals surface area contributed by atoms with Crippen molar-refractivity contribution in [2.24, 2.45) is 0 Å². The number of halogens is 1. The fraction of sp³-hybridized carbons (Fsp3) is 0.182. The van der Waals surface area contributed by atoms with Crippen LogP contribution in [0.5, 0.6) is 5.88 Å². The third-order valence-electron chi connectivity index (χ3n) is 2.17. The van der Waals surface area contributed by atoms with Gasteiger partial charge in [-0.05, 0) is 27.4 Å². The lowest BCUT2D eigenvalue weighted by Crippen LogP contribution is -2.02. The van der Waals surface area contributed by atoms with E-state index in [9.17, 15) is 5.11 Å². The van der Waals surface area contributed by atoms with Gasteiger partial charge in [0, 0.05) is 21.5 Å². The maximum Gasteiger partial charge on any atom is 0.213 e. The number of pyridine rings is 1. The largest absolute Gasteiger partial charge is 0.481 e. The van der Waals surface area contributed by atoms with Gasteiger partial charge in [0.15, 0.2) is 0 Å². The Bertz CT molecular complexity index is 486. The van der Waals surface area contributed by atoms with Crippen LogP contribution in [0.1, 0.15) is 17.4 Å². The van der Waals surface area contributed by atoms with Crippen LogP contribution in [0.15, 0.2) is 33.4 Å². The average Bonchev–Trinajstić information content (AvgIpc) is 2.74. The Kier molecular flexibility index (Phi) is 3.58. The van der Waals surface area contributed by atoms with Crippen LogP contribution in [-0.2, 0) is 0 Å². The van der Waals surface area contributed by atoms with Gasteiger partial charge in [-0.15, -0.1) is 0 Å². The molecular weight excluding hydrogens is 290 g/mol. The molecule has 3 nitrogen and oxygen atoms in total. The topological polar surface area (TPSA) is 42.4 Å². The minimum atomic E-state index is -0.726. The average molecular weight is 300 g/mol. The number of hydrogen-bond donors (Lipinski definition) is 1. The van der Waals surface area contributed by atoms with Crippen molar-refractivity contribution in [1.29, 1.82) is 0 Å². The van der Waals surface area contributed by atoms with E-state index in [4.69, 9.17) is 4.74 Å². The van der Waals surface area contributed by atoms with Gasteiger partial charge in [0.2, 0.25) is 5.88 Å². The molecule has 16 heavy (non-hydrogen) atoms. The zero-order chi connectivity index (χ0) is 11.5. The molecule has 2 rings (SSSR count). The number of aliphatic hydroxyl groups is 1. The Hall–Kier alpha value is -0.910. The summed E-state index contributed by atoms with van der Waals surface area (Å²) in [5, 5.41) is 14.0. The van der Waals surface area contributed by atoms with Gasteiger partial charge in [-0.3, -0.25) is 0 Å². The van der Waals surface area contributed by atoms with Crippen LogP contribution >= 0.6 is 27.3 Å². The minimum Gasteiger partial charge on any atom is -0.481 e. The Morgan fingerprint density at radius 2 is 2.25 bits per heavy atom. The van der Waals surface area contributed by atoms with Crippen molar-refractivity contribution in [3.8, 4) is 5.88 Å². The van der Waals surface area contributed by atoms with Crippen molar-refractivity contribution >= 4 is 27.3 Å². The summed E-state index contributed by atoms with van der Waals surface area (Å²) < 4.78 is 5.92. The van der Waals surface area contributed by atoms with E-state index in [-0.39, 0.29) is 0 Å². The second kappa shape index (κ2) is 4.95. The standard InChI is InChI=1S/C11H10BrNO2S/c1-15-10-4-2-3-9(13-10)11(14)7-5-16-6-8(7)12/h2-6,11,14H,1H3. The van der Waals surface area contributed by atoms with E-state index < -0.39 is 6.10 Å². The predicted molar refractivity (Wildman–Crippen MR) is 66.9 cm³/mol. The Morgan fingerprint density at radius 3 is 2.88 bits per heavy atom. The molecule has 0 radical (unpaired) electrons. The normalized spacial score (nSPS) is 12.4. The number of aromatic nitrogens is 1. The molecule has 2 heterocycles. The van der Waals surface area contributed by atoms with Gasteiger partial charge in [-0.25, -0.2) is 4.98 Å². The second-order valence-electron chi connectivity index (χ2n) is 3.18. The third kappa shape index (κ3) is 2.26. The number of ether oxygens (including phenoxy) is 1. The zero-order valence-electron chi connectivity index (χ0n) is 8.55. The molecule has 0 aliphatic heterocycles. The summed E-state index contributed by atoms with van der Waals surface area (Å²) >= 11 is 4.92. The number of methoxy groups -OCH3 is 1. The number of rotatable bonds is 3. The molecule has 1 atom stereocenters. The molecule has 0 aromatic carbocycles. The van der Waals surface area contributed by atoms with E-state index in [1.807, 2.05) is 16.8 Å². The van der Waals surface area contributed by atoms with Gasteiger partial charge in [0.1, 0.15) is 6.10 Å². The number of thiophene rings is 1. The summed E-state index contributed by atoms with van der Waals surface area (Å²) in [5.41, 5.74) is 1.41. The molecule has 0 amide bonds. The minimum absolute atomic E-state index is 0.503. The summed E-state index contributed by atoms with van der Waals surface area (Å²) in [6, 6.07) is 5.33. The van der Waals surface area contributed by atoms with Crippen LogP contribution in [-0.4, -0.2) is 17.2 Å². The molecule has 0 saturated carbocycles. The first-order chi connectivity index (χ1) is 7.72. The first-order valence-electron chi connectivity index (χ1n) is 4.63. The summed E-state index contributed by atoms with van der Waals surface area (Å²) in [6.45, 7) is 0. The molecule has 2 aromatic heterocycles. The van der Waals surface area contributed by atoms with Crippen LogP contribution in [0.3, 0.4) is 0 Å². The van der Waals surface area contributed by atoms with Crippen LogP contribution in [0.2, 0.25) is 0 Å². The van der Waals surface area contributed by atoms with Crippen LogP contribution in [0, 0.1) is 0 Å². The van der Waals surface area contributed by atoms with Crippen molar-refractivity contribution in [3.63, 3.8) is 0 Å². The van der Waals surface area contributed by atoms with Gasteiger partial charge in [-0.2, -0.15) is 11.3 Å². The molecule has 0 fully saturated rings. The Labute approximate surface area is 106 Å². The molecule has 0 aliphatic rings. The number of nitrogens with zero attached hydrogens (tertiary/aromatic N) is 1. The molecule has 1 unspecified atom stereocenters. The van der Waals surface area contributed by atoms with E-state index in [2.05, 4.69) is 20.9 Å². The molecule has 2 aromatic rings. The summed E-state index contributed by atoms with van der Waals surface area (Å²) in [7, 11) is 1.55. The fourth-order valence-electron chi connectivity index (χ4n) is 1.34. The summed E-state index contributed by atoms with van der Waals surface area (Å²) in [5.74, 6) is 0.503. The maximum atomic E-state index is 10.1. The van der Waals surface area contributed by atoms with Crippen molar-refractivity contribution in [2.45, 2.75) is 6.10 Å². The fourth-order valence-corrected chi connectivity index (χ4v) is 2.88. The highest BCUT2D eigenvalue weighted by Gasteiger charge is 2.16. The highest BCUT2D eigenvalue weighted by molar-refractivity contribution is 9.10. The highest BCUT2D eigenvalue weighted by atomic mass is 79.9. The third-order valence-corrected chi connectivity index (χ3v) is 3.92. The van der Waals surface area contributed by atoms with Gasteiger partial charge < -0.3 is 9.84 Å². The molecule has 84 valence electrons. The van der Waals surface area contributed by atoms with Gasteiger partial charge >= 0.3 is 0 Å². The van der Waals surface area contributed by atoms with Crippen molar-refractivity contribution in [2.75, 3.05) is 7.11 Å².